The van der Waals surface area contributed by atoms with Crippen LogP contribution in [0.15, 0.2) is 53.0 Å². The summed E-state index contributed by atoms with van der Waals surface area (Å²) in [6.07, 6.45) is 0. The van der Waals surface area contributed by atoms with E-state index in [-0.39, 0.29) is 12.5 Å². The van der Waals surface area contributed by atoms with Crippen molar-refractivity contribution >= 4 is 33.4 Å². The molecule has 2 aromatic carbocycles. The summed E-state index contributed by atoms with van der Waals surface area (Å²) in [6.45, 7) is -0.176. The first-order chi connectivity index (χ1) is 10.0. The lowest BCUT2D eigenvalue weighted by atomic mass is 10.2. The average molecular weight is 349 g/mol. The van der Waals surface area contributed by atoms with Crippen molar-refractivity contribution in [2.75, 3.05) is 11.9 Å². The van der Waals surface area contributed by atoms with Crippen LogP contribution in [0.25, 0.3) is 0 Å². The summed E-state index contributed by atoms with van der Waals surface area (Å²) >= 11 is 3.32. The van der Waals surface area contributed by atoms with Gasteiger partial charge in [0, 0.05) is 15.7 Å². The normalized spacial score (nSPS) is 9.95. The Morgan fingerprint density at radius 1 is 1.05 bits per heavy atom. The maximum absolute atomic E-state index is 12.0. The zero-order chi connectivity index (χ0) is 15.2. The second-order valence-corrected chi connectivity index (χ2v) is 5.16. The highest BCUT2D eigenvalue weighted by atomic mass is 79.9. The third kappa shape index (κ3) is 4.61. The highest BCUT2D eigenvalue weighted by molar-refractivity contribution is 9.10. The molecule has 0 unspecified atom stereocenters. The third-order valence-corrected chi connectivity index (χ3v) is 3.13. The lowest BCUT2D eigenvalue weighted by molar-refractivity contribution is -0.119. The highest BCUT2D eigenvalue weighted by Crippen LogP contribution is 2.17. The molecule has 0 aliphatic rings. The van der Waals surface area contributed by atoms with Crippen molar-refractivity contribution in [1.29, 1.82) is 0 Å². The second-order valence-electron chi connectivity index (χ2n) is 4.24. The maximum Gasteiger partial charge on any atom is 0.255 e. The molecule has 0 aromatic heterocycles. The van der Waals surface area contributed by atoms with E-state index < -0.39 is 5.91 Å². The van der Waals surface area contributed by atoms with E-state index in [9.17, 15) is 9.59 Å². The van der Waals surface area contributed by atoms with Crippen LogP contribution in [0, 0.1) is 0 Å². The number of ether oxygens (including phenoxy) is 1. The number of hydrogen-bond donors (Lipinski definition) is 2. The fourth-order valence-corrected chi connectivity index (χ4v) is 1.86. The van der Waals surface area contributed by atoms with Gasteiger partial charge in [0.05, 0.1) is 0 Å². The Balaban J connectivity index is 1.98. The Kier molecular flexibility index (Phi) is 4.94. The van der Waals surface area contributed by atoms with Crippen LogP contribution in [-0.2, 0) is 4.79 Å². The molecule has 108 valence electrons. The monoisotopic (exact) mass is 348 g/mol. The van der Waals surface area contributed by atoms with Gasteiger partial charge in [-0.1, -0.05) is 15.9 Å². The molecule has 0 radical (unpaired) electrons. The first-order valence-electron chi connectivity index (χ1n) is 6.12. The molecule has 0 saturated heterocycles. The molecule has 0 spiro atoms. The lowest BCUT2D eigenvalue weighted by Gasteiger charge is -2.07. The molecule has 0 fully saturated rings. The summed E-state index contributed by atoms with van der Waals surface area (Å²) in [5, 5.41) is 2.77. The van der Waals surface area contributed by atoms with Gasteiger partial charge in [0.2, 0.25) is 0 Å². The number of rotatable bonds is 5. The molecule has 0 bridgehead atoms. The van der Waals surface area contributed by atoms with Crippen molar-refractivity contribution in [3.63, 3.8) is 0 Å². The third-order valence-electron chi connectivity index (χ3n) is 2.60. The number of hydrogen-bond acceptors (Lipinski definition) is 3. The molecular weight excluding hydrogens is 336 g/mol. The highest BCUT2D eigenvalue weighted by Gasteiger charge is 2.06. The Hall–Kier alpha value is -2.34. The average Bonchev–Trinajstić information content (AvgIpc) is 2.47. The van der Waals surface area contributed by atoms with Gasteiger partial charge >= 0.3 is 0 Å². The van der Waals surface area contributed by atoms with Crippen LogP contribution in [0.2, 0.25) is 0 Å². The molecule has 0 saturated carbocycles. The van der Waals surface area contributed by atoms with E-state index in [1.54, 1.807) is 48.5 Å². The summed E-state index contributed by atoms with van der Waals surface area (Å²) in [4.78, 5) is 22.6. The van der Waals surface area contributed by atoms with Crippen LogP contribution in [0.1, 0.15) is 10.4 Å². The molecule has 21 heavy (non-hydrogen) atoms. The van der Waals surface area contributed by atoms with E-state index in [2.05, 4.69) is 21.2 Å². The number of nitrogens with two attached hydrogens (primary N) is 1. The Labute approximate surface area is 130 Å². The summed E-state index contributed by atoms with van der Waals surface area (Å²) in [7, 11) is 0. The molecule has 2 rings (SSSR count). The minimum Gasteiger partial charge on any atom is -0.484 e. The van der Waals surface area contributed by atoms with E-state index in [1.165, 1.54) is 0 Å². The van der Waals surface area contributed by atoms with Crippen molar-refractivity contribution in [2.24, 2.45) is 5.73 Å². The Bertz CT molecular complexity index is 639. The van der Waals surface area contributed by atoms with Crippen LogP contribution in [-0.4, -0.2) is 18.4 Å². The van der Waals surface area contributed by atoms with Gasteiger partial charge in [-0.05, 0) is 48.5 Å². The topological polar surface area (TPSA) is 81.4 Å². The fraction of sp³-hybridized carbons (Fsp3) is 0.0667. The number of carbonyl (C=O) groups is 2. The first kappa shape index (κ1) is 15.1. The summed E-state index contributed by atoms with van der Waals surface area (Å²) in [5.41, 5.74) is 6.18. The molecule has 0 atom stereocenters. The fourth-order valence-electron chi connectivity index (χ4n) is 1.59. The van der Waals surface area contributed by atoms with Gasteiger partial charge in [-0.3, -0.25) is 9.59 Å². The van der Waals surface area contributed by atoms with Gasteiger partial charge in [0.15, 0.2) is 6.61 Å². The number of carbonyl (C=O) groups excluding carboxylic acids is 2. The summed E-state index contributed by atoms with van der Waals surface area (Å²) in [6, 6.07) is 13.7. The van der Waals surface area contributed by atoms with Gasteiger partial charge < -0.3 is 15.8 Å². The van der Waals surface area contributed by atoms with Gasteiger partial charge in [-0.2, -0.15) is 0 Å². The molecule has 0 heterocycles. The molecule has 2 amide bonds. The van der Waals surface area contributed by atoms with Crippen molar-refractivity contribution in [3.8, 4) is 5.75 Å². The van der Waals surface area contributed by atoms with Crippen LogP contribution in [0.3, 0.4) is 0 Å². The molecular formula is C15H13BrN2O3. The molecule has 6 heteroatoms. The van der Waals surface area contributed by atoms with Crippen molar-refractivity contribution in [3.05, 3.63) is 58.6 Å². The van der Waals surface area contributed by atoms with Gasteiger partial charge in [-0.15, -0.1) is 0 Å². The lowest BCUT2D eigenvalue weighted by Crippen LogP contribution is -2.20. The van der Waals surface area contributed by atoms with Crippen LogP contribution >= 0.6 is 15.9 Å². The van der Waals surface area contributed by atoms with Crippen LogP contribution in [0.5, 0.6) is 5.75 Å². The number of anilines is 1. The van der Waals surface area contributed by atoms with Gasteiger partial charge in [0.1, 0.15) is 5.75 Å². The SMILES string of the molecule is NC(=O)COc1ccc(NC(=O)c2ccc(Br)cc2)cc1. The van der Waals surface area contributed by atoms with E-state index in [1.807, 2.05) is 0 Å². The van der Waals surface area contributed by atoms with E-state index >= 15 is 0 Å². The standard InChI is InChI=1S/C15H13BrN2O3/c16-11-3-1-10(2-4-11)15(20)18-12-5-7-13(8-6-12)21-9-14(17)19/h1-8H,9H2,(H2,17,19)(H,18,20). The summed E-state index contributed by atoms with van der Waals surface area (Å²) < 4.78 is 6.04. The zero-order valence-electron chi connectivity index (χ0n) is 11.0. The predicted molar refractivity (Wildman–Crippen MR) is 83.2 cm³/mol. The number of halogens is 1. The number of primary amides is 1. The number of benzene rings is 2. The van der Waals surface area contributed by atoms with E-state index in [4.69, 9.17) is 10.5 Å². The van der Waals surface area contributed by atoms with Crippen molar-refractivity contribution < 1.29 is 14.3 Å². The quantitative estimate of drug-likeness (QED) is 0.871. The first-order valence-corrected chi connectivity index (χ1v) is 6.92. The summed E-state index contributed by atoms with van der Waals surface area (Å²) in [5.74, 6) is -0.230. The Morgan fingerprint density at radius 3 is 2.24 bits per heavy atom. The minimum absolute atomic E-state index is 0.176. The van der Waals surface area contributed by atoms with Gasteiger partial charge in [-0.25, -0.2) is 0 Å². The van der Waals surface area contributed by atoms with Crippen molar-refractivity contribution in [1.82, 2.24) is 0 Å². The van der Waals surface area contributed by atoms with E-state index in [0.29, 0.717) is 17.0 Å². The Morgan fingerprint density at radius 2 is 1.67 bits per heavy atom. The smallest absolute Gasteiger partial charge is 0.255 e. The molecule has 2 aromatic rings. The zero-order valence-corrected chi connectivity index (χ0v) is 12.6. The van der Waals surface area contributed by atoms with Crippen molar-refractivity contribution in [2.45, 2.75) is 0 Å². The maximum atomic E-state index is 12.0. The predicted octanol–water partition coefficient (Wildman–Crippen LogP) is 2.57. The van der Waals surface area contributed by atoms with Crippen LogP contribution < -0.4 is 15.8 Å². The van der Waals surface area contributed by atoms with Crippen LogP contribution in [0.4, 0.5) is 5.69 Å². The number of amides is 2. The second kappa shape index (κ2) is 6.90. The molecule has 5 nitrogen and oxygen atoms in total. The molecule has 3 N–H and O–H groups in total. The number of nitrogens with one attached hydrogen (secondary N) is 1. The molecule has 0 aliphatic heterocycles. The van der Waals surface area contributed by atoms with E-state index in [0.717, 1.165) is 4.47 Å². The largest absolute Gasteiger partial charge is 0.484 e. The minimum atomic E-state index is -0.539. The molecule has 0 aliphatic carbocycles. The van der Waals surface area contributed by atoms with Gasteiger partial charge in [0.25, 0.3) is 11.8 Å².